The Labute approximate surface area is 133 Å². The van der Waals surface area contributed by atoms with Gasteiger partial charge in [0, 0.05) is 0 Å². The maximum atomic E-state index is 12.8. The number of ether oxygens (including phenoxy) is 1. The van der Waals surface area contributed by atoms with Crippen LogP contribution in [0.4, 0.5) is 4.39 Å². The molecule has 0 amide bonds. The second-order valence-electron chi connectivity index (χ2n) is 5.72. The molecule has 0 unspecified atom stereocenters. The van der Waals surface area contributed by atoms with Crippen LogP contribution in [0.1, 0.15) is 26.3 Å². The summed E-state index contributed by atoms with van der Waals surface area (Å²) < 4.78 is 33.9. The van der Waals surface area contributed by atoms with Crippen molar-refractivity contribution < 1.29 is 13.7 Å². The zero-order valence-corrected chi connectivity index (χ0v) is 13.6. The predicted molar refractivity (Wildman–Crippen MR) is 88.4 cm³/mol. The Kier molecular flexibility index (Phi) is 5.21. The fraction of sp³-hybridized carbons (Fsp3) is 0.235. The van der Waals surface area contributed by atoms with Gasteiger partial charge >= 0.3 is 0 Å². The Morgan fingerprint density at radius 2 is 1.50 bits per heavy atom. The topological polar surface area (TPSA) is 44.7 Å². The molecule has 5 heteroatoms. The van der Waals surface area contributed by atoms with E-state index in [1.54, 1.807) is 30.5 Å². The van der Waals surface area contributed by atoms with Crippen LogP contribution in [0.3, 0.4) is 0 Å². The largest absolute Gasteiger partial charge is 0.591 e. The molecule has 2 rings (SSSR count). The highest BCUT2D eigenvalue weighted by Crippen LogP contribution is 2.22. The molecule has 22 heavy (non-hydrogen) atoms. The molecule has 0 saturated carbocycles. The van der Waals surface area contributed by atoms with E-state index in [1.807, 2.05) is 32.9 Å². The van der Waals surface area contributed by atoms with E-state index in [-0.39, 0.29) is 10.6 Å². The number of benzene rings is 2. The molecule has 0 aliphatic carbocycles. The van der Waals surface area contributed by atoms with Crippen molar-refractivity contribution >= 4 is 17.6 Å². The summed E-state index contributed by atoms with van der Waals surface area (Å²) in [5.41, 5.74) is 0.837. The van der Waals surface area contributed by atoms with Gasteiger partial charge in [-0.15, -0.1) is 0 Å². The van der Waals surface area contributed by atoms with E-state index in [0.717, 1.165) is 5.56 Å². The van der Waals surface area contributed by atoms with Crippen LogP contribution in [0.25, 0.3) is 0 Å². The molecular formula is C17H18FNO2S. The average molecular weight is 319 g/mol. The quantitative estimate of drug-likeness (QED) is 0.615. The van der Waals surface area contributed by atoms with Crippen molar-refractivity contribution in [3.8, 4) is 11.5 Å². The molecule has 1 atom stereocenters. The normalized spacial score (nSPS) is 13.3. The van der Waals surface area contributed by atoms with Crippen molar-refractivity contribution in [2.75, 3.05) is 0 Å². The third-order valence-electron chi connectivity index (χ3n) is 2.75. The molecule has 0 bridgehead atoms. The average Bonchev–Trinajstić information content (AvgIpc) is 2.47. The van der Waals surface area contributed by atoms with Gasteiger partial charge in [0.1, 0.15) is 33.4 Å². The molecule has 0 saturated heterocycles. The minimum atomic E-state index is -1.27. The summed E-state index contributed by atoms with van der Waals surface area (Å²) >= 11 is -1.27. The van der Waals surface area contributed by atoms with Crippen LogP contribution in [0.2, 0.25) is 0 Å². The zero-order valence-electron chi connectivity index (χ0n) is 12.7. The summed E-state index contributed by atoms with van der Waals surface area (Å²) in [5, 5.41) is 0. The van der Waals surface area contributed by atoms with Crippen LogP contribution in [0.15, 0.2) is 52.9 Å². The SMILES string of the molecule is CC(C)(C)[S@@+]([O-])N=Cc1ccc(Oc2ccc(F)cc2)cc1. The first-order valence-electron chi connectivity index (χ1n) is 6.84. The monoisotopic (exact) mass is 319 g/mol. The second kappa shape index (κ2) is 6.94. The van der Waals surface area contributed by atoms with Crippen molar-refractivity contribution in [1.82, 2.24) is 0 Å². The first-order valence-corrected chi connectivity index (χ1v) is 7.95. The minimum absolute atomic E-state index is 0.300. The molecule has 0 heterocycles. The fourth-order valence-corrected chi connectivity index (χ4v) is 2.06. The molecule has 0 aliphatic rings. The van der Waals surface area contributed by atoms with E-state index < -0.39 is 11.4 Å². The summed E-state index contributed by atoms with van der Waals surface area (Å²) in [4.78, 5) is 0. The maximum Gasteiger partial charge on any atom is 0.144 e. The van der Waals surface area contributed by atoms with Gasteiger partial charge in [-0.1, -0.05) is 4.40 Å². The van der Waals surface area contributed by atoms with Gasteiger partial charge in [-0.2, -0.15) is 0 Å². The molecule has 0 spiro atoms. The first-order chi connectivity index (χ1) is 10.3. The summed E-state index contributed by atoms with van der Waals surface area (Å²) in [6.45, 7) is 5.63. The van der Waals surface area contributed by atoms with E-state index >= 15 is 0 Å². The minimum Gasteiger partial charge on any atom is -0.591 e. The van der Waals surface area contributed by atoms with E-state index in [2.05, 4.69) is 4.40 Å². The number of nitrogens with zero attached hydrogens (tertiary/aromatic N) is 1. The Hall–Kier alpha value is -1.85. The molecule has 0 N–H and O–H groups in total. The standard InChI is InChI=1S/C17H18FNO2S/c1-17(2,3)22(20)19-12-13-4-8-15(9-5-13)21-16-10-6-14(18)7-11-16/h4-12H,1-3H3/t22-/m1/s1. The fourth-order valence-electron chi connectivity index (χ4n) is 1.53. The molecule has 0 radical (unpaired) electrons. The highest BCUT2D eigenvalue weighted by molar-refractivity contribution is 7.91. The van der Waals surface area contributed by atoms with Crippen LogP contribution >= 0.6 is 0 Å². The lowest BCUT2D eigenvalue weighted by molar-refractivity contribution is 0.480. The summed E-state index contributed by atoms with van der Waals surface area (Å²) in [6, 6.07) is 13.0. The molecule has 0 aromatic heterocycles. The lowest BCUT2D eigenvalue weighted by atomic mass is 10.2. The van der Waals surface area contributed by atoms with E-state index in [1.165, 1.54) is 12.1 Å². The van der Waals surface area contributed by atoms with E-state index in [9.17, 15) is 8.94 Å². The molecule has 2 aromatic carbocycles. The number of rotatable bonds is 4. The number of hydrogen-bond donors (Lipinski definition) is 0. The van der Waals surface area contributed by atoms with Crippen LogP contribution in [0, 0.1) is 5.82 Å². The van der Waals surface area contributed by atoms with Crippen LogP contribution in [0.5, 0.6) is 11.5 Å². The molecule has 116 valence electrons. The van der Waals surface area contributed by atoms with Gasteiger partial charge in [-0.3, -0.25) is 0 Å². The second-order valence-corrected chi connectivity index (χ2v) is 7.65. The van der Waals surface area contributed by atoms with E-state index in [4.69, 9.17) is 4.74 Å². The third kappa shape index (κ3) is 4.86. The predicted octanol–water partition coefficient (Wildman–Crippen LogP) is 4.50. The van der Waals surface area contributed by atoms with Gasteiger partial charge in [0.05, 0.1) is 6.21 Å². The number of halogens is 1. The summed E-state index contributed by atoms with van der Waals surface area (Å²) in [7, 11) is 0. The maximum absolute atomic E-state index is 12.8. The smallest absolute Gasteiger partial charge is 0.144 e. The van der Waals surface area contributed by atoms with Crippen LogP contribution in [-0.2, 0) is 11.4 Å². The van der Waals surface area contributed by atoms with Crippen molar-refractivity contribution in [3.05, 3.63) is 59.9 Å². The zero-order chi connectivity index (χ0) is 16.2. The van der Waals surface area contributed by atoms with Gasteiger partial charge in [-0.25, -0.2) is 4.39 Å². The van der Waals surface area contributed by atoms with Crippen molar-refractivity contribution in [2.24, 2.45) is 4.40 Å². The van der Waals surface area contributed by atoms with Gasteiger partial charge < -0.3 is 9.29 Å². The number of hydrogen-bond acceptors (Lipinski definition) is 3. The third-order valence-corrected chi connectivity index (χ3v) is 4.10. The van der Waals surface area contributed by atoms with Gasteiger partial charge in [0.15, 0.2) is 0 Å². The molecule has 0 fully saturated rings. The van der Waals surface area contributed by atoms with Crippen molar-refractivity contribution in [2.45, 2.75) is 25.5 Å². The highest BCUT2D eigenvalue weighted by Gasteiger charge is 2.25. The van der Waals surface area contributed by atoms with Crippen LogP contribution < -0.4 is 4.74 Å². The molecule has 0 aliphatic heterocycles. The molecular weight excluding hydrogens is 301 g/mol. The van der Waals surface area contributed by atoms with E-state index in [0.29, 0.717) is 11.5 Å². The van der Waals surface area contributed by atoms with Gasteiger partial charge in [0.2, 0.25) is 0 Å². The highest BCUT2D eigenvalue weighted by atomic mass is 32.2. The molecule has 3 nitrogen and oxygen atoms in total. The first kappa shape index (κ1) is 16.5. The summed E-state index contributed by atoms with van der Waals surface area (Å²) in [6.07, 6.45) is 1.59. The van der Waals surface area contributed by atoms with Gasteiger partial charge in [0.25, 0.3) is 0 Å². The Bertz CT molecular complexity index is 633. The molecule has 2 aromatic rings. The van der Waals surface area contributed by atoms with Crippen molar-refractivity contribution in [1.29, 1.82) is 0 Å². The van der Waals surface area contributed by atoms with Gasteiger partial charge in [-0.05, 0) is 74.9 Å². The van der Waals surface area contributed by atoms with Crippen LogP contribution in [-0.4, -0.2) is 15.5 Å². The Balaban J connectivity index is 2.01. The summed E-state index contributed by atoms with van der Waals surface area (Å²) in [5.74, 6) is 0.906. The lowest BCUT2D eigenvalue weighted by Crippen LogP contribution is -2.25. The Morgan fingerprint density at radius 3 is 2.00 bits per heavy atom. The Morgan fingerprint density at radius 1 is 1.00 bits per heavy atom. The van der Waals surface area contributed by atoms with Crippen molar-refractivity contribution in [3.63, 3.8) is 0 Å². The lowest BCUT2D eigenvalue weighted by Gasteiger charge is -2.17.